The Morgan fingerprint density at radius 3 is 2.70 bits per heavy atom. The number of hydrogen-bond donors (Lipinski definition) is 0. The van der Waals surface area contributed by atoms with E-state index in [9.17, 15) is 14.9 Å². The highest BCUT2D eigenvalue weighted by atomic mass is 35.5. The van der Waals surface area contributed by atoms with E-state index < -0.39 is 10.9 Å². The maximum atomic E-state index is 12.3. The molecule has 0 amide bonds. The number of nitro benzene ring substituents is 1. The fourth-order valence-corrected chi connectivity index (χ4v) is 4.03. The number of carbonyl (C=O) groups is 1. The van der Waals surface area contributed by atoms with Crippen LogP contribution in [0.3, 0.4) is 0 Å². The fourth-order valence-electron chi connectivity index (χ4n) is 3.42. The number of rotatable bonds is 5. The smallest absolute Gasteiger partial charge is 0.338 e. The molecule has 1 aliphatic heterocycles. The average molecular weight is 411 g/mol. The Morgan fingerprint density at radius 1 is 1.41 bits per heavy atom. The van der Waals surface area contributed by atoms with Crippen LogP contribution in [0.5, 0.6) is 0 Å². The van der Waals surface area contributed by atoms with E-state index in [2.05, 4.69) is 23.4 Å². The third kappa shape index (κ3) is 4.54. The molecule has 3 rings (SSSR count). The molecule has 1 saturated heterocycles. The quantitative estimate of drug-likeness (QED) is 0.418. The van der Waals surface area contributed by atoms with Gasteiger partial charge in [-0.2, -0.15) is 0 Å². The van der Waals surface area contributed by atoms with E-state index in [0.717, 1.165) is 31.0 Å². The van der Waals surface area contributed by atoms with Crippen LogP contribution in [0, 0.1) is 22.0 Å². The molecule has 0 aliphatic carbocycles. The van der Waals surface area contributed by atoms with Crippen molar-refractivity contribution in [3.63, 3.8) is 0 Å². The summed E-state index contributed by atoms with van der Waals surface area (Å²) in [4.78, 5) is 25.4. The number of halogens is 1. The van der Waals surface area contributed by atoms with E-state index in [1.165, 1.54) is 6.07 Å². The summed E-state index contributed by atoms with van der Waals surface area (Å²) in [6.07, 6.45) is 1.10. The molecule has 0 bridgehead atoms. The first-order valence-corrected chi connectivity index (χ1v) is 9.67. The lowest BCUT2D eigenvalue weighted by molar-refractivity contribution is -0.384. The molecule has 2 atom stereocenters. The molecule has 1 aromatic heterocycles. The summed E-state index contributed by atoms with van der Waals surface area (Å²) < 4.78 is 9.16. The van der Waals surface area contributed by atoms with Crippen molar-refractivity contribution in [2.24, 2.45) is 11.8 Å². The van der Waals surface area contributed by atoms with Crippen molar-refractivity contribution in [3.8, 4) is 0 Å². The highest BCUT2D eigenvalue weighted by Gasteiger charge is 2.28. The second kappa shape index (κ2) is 8.18. The van der Waals surface area contributed by atoms with Gasteiger partial charge in [-0.3, -0.25) is 10.1 Å². The third-order valence-corrected chi connectivity index (χ3v) is 5.45. The molecule has 2 unspecified atom stereocenters. The monoisotopic (exact) mass is 410 g/mol. The number of piperidine rings is 1. The molecule has 1 aromatic carbocycles. The van der Waals surface area contributed by atoms with Gasteiger partial charge in [-0.15, -0.1) is 5.10 Å². The van der Waals surface area contributed by atoms with Gasteiger partial charge in [-0.25, -0.2) is 4.79 Å². The van der Waals surface area contributed by atoms with Gasteiger partial charge in [-0.05, 0) is 30.4 Å². The van der Waals surface area contributed by atoms with E-state index in [1.807, 2.05) is 4.90 Å². The molecule has 2 heterocycles. The second-order valence-corrected chi connectivity index (χ2v) is 8.24. The Balaban J connectivity index is 1.79. The normalized spacial score (nSPS) is 19.7. The van der Waals surface area contributed by atoms with Gasteiger partial charge in [0.05, 0.1) is 10.5 Å². The summed E-state index contributed by atoms with van der Waals surface area (Å²) in [6.45, 7) is 5.65. The number of hydrogen-bond acceptors (Lipinski definition) is 8. The first-order valence-electron chi connectivity index (χ1n) is 8.52. The predicted molar refractivity (Wildman–Crippen MR) is 102 cm³/mol. The molecule has 1 aliphatic rings. The van der Waals surface area contributed by atoms with Gasteiger partial charge in [0, 0.05) is 30.7 Å². The lowest BCUT2D eigenvalue weighted by atomic mass is 9.91. The SMILES string of the molecule is CC1CC(C)CN(c2ccc(C(=O)OCc3nnsc3Cl)cc2[N+](=O)[O-])C1. The molecule has 2 aromatic rings. The predicted octanol–water partition coefficient (Wildman–Crippen LogP) is 3.94. The largest absolute Gasteiger partial charge is 0.455 e. The van der Waals surface area contributed by atoms with Crippen LogP contribution in [-0.2, 0) is 11.3 Å². The maximum absolute atomic E-state index is 12.3. The number of aromatic nitrogens is 2. The zero-order valence-corrected chi connectivity index (χ0v) is 16.5. The van der Waals surface area contributed by atoms with E-state index >= 15 is 0 Å². The van der Waals surface area contributed by atoms with Gasteiger partial charge >= 0.3 is 5.97 Å². The number of anilines is 1. The van der Waals surface area contributed by atoms with Gasteiger partial charge < -0.3 is 9.64 Å². The first-order chi connectivity index (χ1) is 12.8. The maximum Gasteiger partial charge on any atom is 0.338 e. The molecule has 0 spiro atoms. The number of benzene rings is 1. The van der Waals surface area contributed by atoms with Crippen LogP contribution in [0.1, 0.15) is 36.3 Å². The van der Waals surface area contributed by atoms with Crippen molar-refractivity contribution in [2.75, 3.05) is 18.0 Å². The number of carbonyl (C=O) groups excluding carboxylic acids is 1. The topological polar surface area (TPSA) is 98.5 Å². The zero-order valence-electron chi connectivity index (χ0n) is 14.9. The lowest BCUT2D eigenvalue weighted by Gasteiger charge is -2.36. The van der Waals surface area contributed by atoms with Crippen LogP contribution >= 0.6 is 23.1 Å². The summed E-state index contributed by atoms with van der Waals surface area (Å²) in [7, 11) is 0. The number of esters is 1. The van der Waals surface area contributed by atoms with Gasteiger partial charge in [0.25, 0.3) is 5.69 Å². The van der Waals surface area contributed by atoms with Crippen molar-refractivity contribution < 1.29 is 14.5 Å². The molecular weight excluding hydrogens is 392 g/mol. The molecule has 27 heavy (non-hydrogen) atoms. The van der Waals surface area contributed by atoms with E-state index in [-0.39, 0.29) is 17.9 Å². The minimum Gasteiger partial charge on any atom is -0.455 e. The standard InChI is InChI=1S/C17H19ClN4O4S/c1-10-5-11(2)8-21(7-10)14-4-3-12(6-15(14)22(24)25)17(23)26-9-13-16(18)27-20-19-13/h3-4,6,10-11H,5,7-9H2,1-2H3. The van der Waals surface area contributed by atoms with Crippen molar-refractivity contribution in [3.05, 3.63) is 43.9 Å². The van der Waals surface area contributed by atoms with Crippen molar-refractivity contribution in [1.29, 1.82) is 0 Å². The summed E-state index contributed by atoms with van der Waals surface area (Å²) >= 11 is 6.87. The van der Waals surface area contributed by atoms with Crippen LogP contribution in [0.15, 0.2) is 18.2 Å². The molecule has 0 saturated carbocycles. The summed E-state index contributed by atoms with van der Waals surface area (Å²) in [6, 6.07) is 4.44. The minimum absolute atomic E-state index is 0.0980. The Bertz CT molecular complexity index is 849. The van der Waals surface area contributed by atoms with Gasteiger partial charge in [0.2, 0.25) is 0 Å². The molecule has 10 heteroatoms. The second-order valence-electron chi connectivity index (χ2n) is 6.88. The summed E-state index contributed by atoms with van der Waals surface area (Å²) in [5.41, 5.74) is 0.904. The third-order valence-electron chi connectivity index (χ3n) is 4.47. The Labute approximate surface area is 165 Å². The van der Waals surface area contributed by atoms with E-state index in [1.54, 1.807) is 12.1 Å². The van der Waals surface area contributed by atoms with Crippen LogP contribution in [0.4, 0.5) is 11.4 Å². The number of nitrogens with zero attached hydrogens (tertiary/aromatic N) is 4. The van der Waals surface area contributed by atoms with Crippen LogP contribution < -0.4 is 4.90 Å². The van der Waals surface area contributed by atoms with E-state index in [0.29, 0.717) is 27.6 Å². The molecule has 144 valence electrons. The Hall–Kier alpha value is -2.26. The minimum atomic E-state index is -0.672. The first kappa shape index (κ1) is 19.5. The van der Waals surface area contributed by atoms with Crippen molar-refractivity contribution in [1.82, 2.24) is 9.59 Å². The Morgan fingerprint density at radius 2 is 2.11 bits per heavy atom. The molecule has 0 N–H and O–H groups in total. The van der Waals surface area contributed by atoms with Crippen molar-refractivity contribution >= 4 is 40.5 Å². The summed E-state index contributed by atoms with van der Waals surface area (Å²) in [5, 5.41) is 15.3. The van der Waals surface area contributed by atoms with Crippen LogP contribution in [-0.4, -0.2) is 33.6 Å². The Kier molecular flexibility index (Phi) is 5.91. The number of nitro groups is 1. The van der Waals surface area contributed by atoms with Crippen LogP contribution in [0.25, 0.3) is 0 Å². The number of ether oxygens (including phenoxy) is 1. The fraction of sp³-hybridized carbons (Fsp3) is 0.471. The zero-order chi connectivity index (χ0) is 19.6. The van der Waals surface area contributed by atoms with Gasteiger partial charge in [0.1, 0.15) is 22.3 Å². The average Bonchev–Trinajstić information content (AvgIpc) is 3.03. The molecule has 1 fully saturated rings. The highest BCUT2D eigenvalue weighted by molar-refractivity contribution is 7.10. The highest BCUT2D eigenvalue weighted by Crippen LogP contribution is 2.34. The van der Waals surface area contributed by atoms with Crippen LogP contribution in [0.2, 0.25) is 4.34 Å². The lowest BCUT2D eigenvalue weighted by Crippen LogP contribution is -2.39. The molecule has 8 nitrogen and oxygen atoms in total. The van der Waals surface area contributed by atoms with Gasteiger partial charge in [0.15, 0.2) is 0 Å². The molecular formula is C17H19ClN4O4S. The van der Waals surface area contributed by atoms with Gasteiger partial charge in [-0.1, -0.05) is 29.9 Å². The summed E-state index contributed by atoms with van der Waals surface area (Å²) in [5.74, 6) is 0.234. The van der Waals surface area contributed by atoms with Crippen molar-refractivity contribution in [2.45, 2.75) is 26.9 Å². The molecule has 0 radical (unpaired) electrons. The van der Waals surface area contributed by atoms with E-state index in [4.69, 9.17) is 16.3 Å².